The minimum Gasteiger partial charge on any atom is -0.363 e. The molecule has 0 aliphatic heterocycles. The number of hydrogen-bond acceptors (Lipinski definition) is 2. The van der Waals surface area contributed by atoms with Crippen molar-refractivity contribution in [1.29, 1.82) is 0 Å². The van der Waals surface area contributed by atoms with Gasteiger partial charge in [0, 0.05) is 18.3 Å². The monoisotopic (exact) mass is 260 g/mol. The Bertz CT molecular complexity index is 357. The van der Waals surface area contributed by atoms with Crippen LogP contribution in [0.1, 0.15) is 31.9 Å². The molecule has 1 aromatic carbocycles. The van der Waals surface area contributed by atoms with Gasteiger partial charge in [0.05, 0.1) is 0 Å². The molecule has 0 bridgehead atoms. The van der Waals surface area contributed by atoms with Crippen LogP contribution in [0.5, 0.6) is 0 Å². The van der Waals surface area contributed by atoms with Crippen LogP contribution in [0.4, 0.5) is 18.9 Å². The molecule has 0 aliphatic rings. The third-order valence-corrected chi connectivity index (χ3v) is 2.65. The molecule has 18 heavy (non-hydrogen) atoms. The molecule has 1 atom stereocenters. The summed E-state index contributed by atoms with van der Waals surface area (Å²) in [5.41, 5.74) is 7.21. The lowest BCUT2D eigenvalue weighted by Gasteiger charge is -2.25. The summed E-state index contributed by atoms with van der Waals surface area (Å²) in [6.07, 6.45) is -3.51. The van der Waals surface area contributed by atoms with Gasteiger partial charge in [0.2, 0.25) is 0 Å². The van der Waals surface area contributed by atoms with Gasteiger partial charge in [-0.2, -0.15) is 13.2 Å². The van der Waals surface area contributed by atoms with Crippen LogP contribution in [-0.4, -0.2) is 19.3 Å². The summed E-state index contributed by atoms with van der Waals surface area (Å²) in [5, 5.41) is 0. The highest BCUT2D eigenvalue weighted by molar-refractivity contribution is 5.48. The highest BCUT2D eigenvalue weighted by Gasteiger charge is 2.30. The van der Waals surface area contributed by atoms with Crippen molar-refractivity contribution in [2.75, 3.05) is 18.0 Å². The number of alkyl halides is 3. The number of benzene rings is 1. The summed E-state index contributed by atoms with van der Waals surface area (Å²) < 4.78 is 37.4. The highest BCUT2D eigenvalue weighted by Crippen LogP contribution is 2.23. The maximum atomic E-state index is 12.5. The fourth-order valence-corrected chi connectivity index (χ4v) is 1.77. The van der Waals surface area contributed by atoms with Crippen LogP contribution in [-0.2, 0) is 0 Å². The van der Waals surface area contributed by atoms with Gasteiger partial charge in [-0.25, -0.2) is 0 Å². The summed E-state index contributed by atoms with van der Waals surface area (Å²) >= 11 is 0. The molecule has 5 heteroatoms. The van der Waals surface area contributed by atoms with E-state index >= 15 is 0 Å². The van der Waals surface area contributed by atoms with Crippen LogP contribution in [0.3, 0.4) is 0 Å². The van der Waals surface area contributed by atoms with Crippen molar-refractivity contribution in [2.45, 2.75) is 32.5 Å². The molecule has 1 aromatic rings. The number of anilines is 1. The van der Waals surface area contributed by atoms with Crippen molar-refractivity contribution >= 4 is 5.69 Å². The van der Waals surface area contributed by atoms with Gasteiger partial charge < -0.3 is 10.6 Å². The lowest BCUT2D eigenvalue weighted by atomic mass is 10.1. The fraction of sp³-hybridized carbons (Fsp3) is 0.538. The van der Waals surface area contributed by atoms with Crippen LogP contribution in [0.15, 0.2) is 24.3 Å². The Morgan fingerprint density at radius 1 is 1.22 bits per heavy atom. The first kappa shape index (κ1) is 14.8. The zero-order valence-corrected chi connectivity index (χ0v) is 10.7. The topological polar surface area (TPSA) is 29.3 Å². The molecule has 2 nitrogen and oxygen atoms in total. The van der Waals surface area contributed by atoms with Gasteiger partial charge in [0.1, 0.15) is 6.54 Å². The second-order valence-electron chi connectivity index (χ2n) is 4.42. The molecule has 0 amide bonds. The average molecular weight is 260 g/mol. The fourth-order valence-electron chi connectivity index (χ4n) is 1.77. The molecule has 0 spiro atoms. The third kappa shape index (κ3) is 4.56. The maximum absolute atomic E-state index is 12.5. The van der Waals surface area contributed by atoms with Gasteiger partial charge in [-0.05, 0) is 31.0 Å². The first-order chi connectivity index (χ1) is 8.33. The molecule has 0 unspecified atom stereocenters. The van der Waals surface area contributed by atoms with Crippen molar-refractivity contribution in [3.05, 3.63) is 29.8 Å². The number of nitrogens with two attached hydrogens (primary N) is 1. The first-order valence-electron chi connectivity index (χ1n) is 6.00. The van der Waals surface area contributed by atoms with Gasteiger partial charge in [-0.15, -0.1) is 0 Å². The number of rotatable bonds is 5. The molecule has 0 fully saturated rings. The Kier molecular flexibility index (Phi) is 5.02. The van der Waals surface area contributed by atoms with E-state index in [1.807, 2.05) is 13.8 Å². The van der Waals surface area contributed by atoms with Gasteiger partial charge in [-0.3, -0.25) is 0 Å². The minimum atomic E-state index is -4.19. The molecule has 0 aromatic heterocycles. The van der Waals surface area contributed by atoms with E-state index in [0.29, 0.717) is 18.7 Å². The van der Waals surface area contributed by atoms with Crippen molar-refractivity contribution < 1.29 is 13.2 Å². The van der Waals surface area contributed by atoms with Crippen LogP contribution in [0.25, 0.3) is 0 Å². The highest BCUT2D eigenvalue weighted by atomic mass is 19.4. The van der Waals surface area contributed by atoms with Crippen LogP contribution in [0, 0.1) is 0 Å². The third-order valence-electron chi connectivity index (χ3n) is 2.65. The number of halogens is 3. The molecular weight excluding hydrogens is 241 g/mol. The van der Waals surface area contributed by atoms with Crippen molar-refractivity contribution in [2.24, 2.45) is 5.73 Å². The summed E-state index contributed by atoms with van der Waals surface area (Å²) in [5.74, 6) is 0. The predicted octanol–water partition coefficient (Wildman–Crippen LogP) is 3.49. The van der Waals surface area contributed by atoms with E-state index in [2.05, 4.69) is 0 Å². The van der Waals surface area contributed by atoms with Crippen molar-refractivity contribution in [1.82, 2.24) is 0 Å². The quantitative estimate of drug-likeness (QED) is 0.878. The van der Waals surface area contributed by atoms with Crippen LogP contribution in [0.2, 0.25) is 0 Å². The standard InChI is InChI=1S/C13H19F3N2/c1-3-8-18(9-13(14,15)16)12-6-4-11(5-7-12)10(2)17/h4-7,10H,3,8-9,17H2,1-2H3/t10-/m1/s1. The zero-order chi connectivity index (χ0) is 13.8. The molecule has 1 rings (SSSR count). The SMILES string of the molecule is CCCN(CC(F)(F)F)c1ccc([C@@H](C)N)cc1. The lowest BCUT2D eigenvalue weighted by Crippen LogP contribution is -2.34. The summed E-state index contributed by atoms with van der Waals surface area (Å²) in [4.78, 5) is 1.34. The summed E-state index contributed by atoms with van der Waals surface area (Å²) in [6.45, 7) is 3.17. The Balaban J connectivity index is 2.85. The average Bonchev–Trinajstić information content (AvgIpc) is 2.27. The molecule has 0 saturated heterocycles. The lowest BCUT2D eigenvalue weighted by molar-refractivity contribution is -0.119. The summed E-state index contributed by atoms with van der Waals surface area (Å²) in [7, 11) is 0. The molecular formula is C13H19F3N2. The normalized spacial score (nSPS) is 13.4. The molecule has 0 saturated carbocycles. The van der Waals surface area contributed by atoms with E-state index in [1.54, 1.807) is 24.3 Å². The Hall–Kier alpha value is -1.23. The smallest absolute Gasteiger partial charge is 0.363 e. The minimum absolute atomic E-state index is 0.110. The first-order valence-corrected chi connectivity index (χ1v) is 6.00. The van der Waals surface area contributed by atoms with Crippen molar-refractivity contribution in [3.63, 3.8) is 0 Å². The van der Waals surface area contributed by atoms with Crippen LogP contribution >= 0.6 is 0 Å². The second-order valence-corrected chi connectivity index (χ2v) is 4.42. The van der Waals surface area contributed by atoms with E-state index in [-0.39, 0.29) is 6.04 Å². The van der Waals surface area contributed by atoms with E-state index in [1.165, 1.54) is 4.90 Å². The molecule has 102 valence electrons. The van der Waals surface area contributed by atoms with E-state index < -0.39 is 12.7 Å². The van der Waals surface area contributed by atoms with Gasteiger partial charge >= 0.3 is 6.18 Å². The Labute approximate surface area is 106 Å². The van der Waals surface area contributed by atoms with Gasteiger partial charge in [-0.1, -0.05) is 19.1 Å². The summed E-state index contributed by atoms with van der Waals surface area (Å²) in [6, 6.07) is 6.83. The Morgan fingerprint density at radius 3 is 2.17 bits per heavy atom. The van der Waals surface area contributed by atoms with Crippen LogP contribution < -0.4 is 10.6 Å². The van der Waals surface area contributed by atoms with Gasteiger partial charge in [0.25, 0.3) is 0 Å². The van der Waals surface area contributed by atoms with Gasteiger partial charge in [0.15, 0.2) is 0 Å². The van der Waals surface area contributed by atoms with E-state index in [0.717, 1.165) is 5.56 Å². The Morgan fingerprint density at radius 2 is 1.78 bits per heavy atom. The van der Waals surface area contributed by atoms with E-state index in [9.17, 15) is 13.2 Å². The predicted molar refractivity (Wildman–Crippen MR) is 67.6 cm³/mol. The number of nitrogens with zero attached hydrogens (tertiary/aromatic N) is 1. The molecule has 2 N–H and O–H groups in total. The molecule has 0 radical (unpaired) electrons. The number of hydrogen-bond donors (Lipinski definition) is 1. The zero-order valence-electron chi connectivity index (χ0n) is 10.7. The molecule has 0 aliphatic carbocycles. The van der Waals surface area contributed by atoms with Crippen molar-refractivity contribution in [3.8, 4) is 0 Å². The molecule has 0 heterocycles. The maximum Gasteiger partial charge on any atom is 0.405 e. The van der Waals surface area contributed by atoms with E-state index in [4.69, 9.17) is 5.73 Å². The largest absolute Gasteiger partial charge is 0.405 e. The second kappa shape index (κ2) is 6.09.